The fourth-order valence-corrected chi connectivity index (χ4v) is 5.43. The molecular formula is C25H32Cl2N2. The zero-order chi connectivity index (χ0) is 20.1. The molecule has 1 atom stereocenters. The van der Waals surface area contributed by atoms with Crippen molar-refractivity contribution in [2.24, 2.45) is 5.92 Å². The van der Waals surface area contributed by atoms with Crippen LogP contribution in [0.2, 0.25) is 10.0 Å². The quantitative estimate of drug-likeness (QED) is 0.607. The van der Waals surface area contributed by atoms with Gasteiger partial charge in [-0.25, -0.2) is 0 Å². The fraction of sp³-hybridized carbons (Fsp3) is 0.520. The highest BCUT2D eigenvalue weighted by atomic mass is 35.5. The summed E-state index contributed by atoms with van der Waals surface area (Å²) in [5, 5.41) is 4.96. The first-order valence-corrected chi connectivity index (χ1v) is 11.8. The molecule has 2 aliphatic heterocycles. The minimum Gasteiger partial charge on any atom is -0.316 e. The van der Waals surface area contributed by atoms with Gasteiger partial charge in [-0.1, -0.05) is 59.6 Å². The largest absolute Gasteiger partial charge is 0.316 e. The number of likely N-dealkylation sites (tertiary alicyclic amines) is 1. The van der Waals surface area contributed by atoms with Gasteiger partial charge in [-0.2, -0.15) is 0 Å². The van der Waals surface area contributed by atoms with Gasteiger partial charge in [-0.05, 0) is 93.9 Å². The van der Waals surface area contributed by atoms with Gasteiger partial charge < -0.3 is 10.2 Å². The number of piperidine rings is 2. The SMILES string of the molecule is Clc1ccc(C2(CCN3CCC(Cc4ccccc4)CC3)CCCNC2)cc1Cl. The molecule has 156 valence electrons. The van der Waals surface area contributed by atoms with E-state index in [2.05, 4.69) is 52.7 Å². The summed E-state index contributed by atoms with van der Waals surface area (Å²) < 4.78 is 0. The molecule has 2 heterocycles. The summed E-state index contributed by atoms with van der Waals surface area (Å²) in [4.78, 5) is 2.68. The zero-order valence-electron chi connectivity index (χ0n) is 17.2. The normalized spacial score (nSPS) is 23.9. The van der Waals surface area contributed by atoms with Crippen LogP contribution in [0.25, 0.3) is 0 Å². The van der Waals surface area contributed by atoms with Gasteiger partial charge in [-0.3, -0.25) is 0 Å². The second kappa shape index (κ2) is 9.83. The van der Waals surface area contributed by atoms with Gasteiger partial charge >= 0.3 is 0 Å². The number of halogens is 2. The molecule has 0 bridgehead atoms. The van der Waals surface area contributed by atoms with Crippen LogP contribution in [0.3, 0.4) is 0 Å². The molecule has 0 spiro atoms. The predicted octanol–water partition coefficient (Wildman–Crippen LogP) is 5.96. The molecule has 4 heteroatoms. The van der Waals surface area contributed by atoms with E-state index in [1.54, 1.807) is 0 Å². The lowest BCUT2D eigenvalue weighted by Crippen LogP contribution is -2.46. The van der Waals surface area contributed by atoms with Gasteiger partial charge in [-0.15, -0.1) is 0 Å². The number of nitrogens with one attached hydrogen (secondary N) is 1. The molecule has 2 aromatic rings. The lowest BCUT2D eigenvalue weighted by molar-refractivity contribution is 0.159. The molecule has 1 unspecified atom stereocenters. The van der Waals surface area contributed by atoms with Crippen molar-refractivity contribution in [3.05, 3.63) is 69.7 Å². The van der Waals surface area contributed by atoms with Gasteiger partial charge in [0.25, 0.3) is 0 Å². The van der Waals surface area contributed by atoms with Crippen molar-refractivity contribution in [1.82, 2.24) is 10.2 Å². The summed E-state index contributed by atoms with van der Waals surface area (Å²) in [6, 6.07) is 17.2. The van der Waals surface area contributed by atoms with E-state index in [4.69, 9.17) is 23.2 Å². The van der Waals surface area contributed by atoms with Gasteiger partial charge in [0.1, 0.15) is 0 Å². The number of hydrogen-bond donors (Lipinski definition) is 1. The third-order valence-electron chi connectivity index (χ3n) is 6.99. The Kier molecular flexibility index (Phi) is 7.18. The Labute approximate surface area is 185 Å². The summed E-state index contributed by atoms with van der Waals surface area (Å²) >= 11 is 12.5. The van der Waals surface area contributed by atoms with Crippen molar-refractivity contribution in [2.75, 3.05) is 32.7 Å². The molecule has 29 heavy (non-hydrogen) atoms. The van der Waals surface area contributed by atoms with Crippen LogP contribution in [-0.2, 0) is 11.8 Å². The standard InChI is InChI=1S/C25H32Cl2N2/c26-23-8-7-22(18-24(23)27)25(11-4-13-28-19-25)12-16-29-14-9-21(10-15-29)17-20-5-2-1-3-6-20/h1-3,5-8,18,21,28H,4,9-17,19H2. The molecular weight excluding hydrogens is 399 g/mol. The van der Waals surface area contributed by atoms with E-state index in [0.717, 1.165) is 19.0 Å². The van der Waals surface area contributed by atoms with Crippen molar-refractivity contribution in [3.8, 4) is 0 Å². The first kappa shape index (κ1) is 21.2. The van der Waals surface area contributed by atoms with Crippen molar-refractivity contribution in [2.45, 2.75) is 43.9 Å². The fourth-order valence-electron chi connectivity index (χ4n) is 5.13. The van der Waals surface area contributed by atoms with Crippen LogP contribution in [0.4, 0.5) is 0 Å². The van der Waals surface area contributed by atoms with Crippen LogP contribution < -0.4 is 5.32 Å². The monoisotopic (exact) mass is 430 g/mol. The van der Waals surface area contributed by atoms with Crippen molar-refractivity contribution in [1.29, 1.82) is 0 Å². The number of nitrogens with zero attached hydrogens (tertiary/aromatic N) is 1. The molecule has 1 N–H and O–H groups in total. The van der Waals surface area contributed by atoms with Crippen LogP contribution in [0.1, 0.15) is 43.2 Å². The summed E-state index contributed by atoms with van der Waals surface area (Å²) in [5.74, 6) is 0.828. The Balaban J connectivity index is 1.34. The lowest BCUT2D eigenvalue weighted by Gasteiger charge is -2.41. The maximum Gasteiger partial charge on any atom is 0.0595 e. The second-order valence-corrected chi connectivity index (χ2v) is 9.73. The summed E-state index contributed by atoms with van der Waals surface area (Å²) in [6.45, 7) is 5.77. The Morgan fingerprint density at radius 3 is 2.48 bits per heavy atom. The zero-order valence-corrected chi connectivity index (χ0v) is 18.7. The molecule has 2 aliphatic rings. The van der Waals surface area contributed by atoms with E-state index in [9.17, 15) is 0 Å². The molecule has 0 aliphatic carbocycles. The van der Waals surface area contributed by atoms with E-state index in [-0.39, 0.29) is 5.41 Å². The maximum atomic E-state index is 6.36. The Hall–Kier alpha value is -1.06. The molecule has 2 aromatic carbocycles. The summed E-state index contributed by atoms with van der Waals surface area (Å²) in [7, 11) is 0. The Morgan fingerprint density at radius 2 is 1.79 bits per heavy atom. The third kappa shape index (κ3) is 5.35. The Bertz CT molecular complexity index is 779. The molecule has 0 amide bonds. The number of rotatable bonds is 6. The minimum atomic E-state index is 0.174. The maximum absolute atomic E-state index is 6.36. The molecule has 4 rings (SSSR count). The lowest BCUT2D eigenvalue weighted by atomic mass is 9.72. The van der Waals surface area contributed by atoms with Crippen LogP contribution in [0.5, 0.6) is 0 Å². The van der Waals surface area contributed by atoms with Crippen LogP contribution >= 0.6 is 23.2 Å². The molecule has 2 saturated heterocycles. The molecule has 0 radical (unpaired) electrons. The molecule has 0 aromatic heterocycles. The highest BCUT2D eigenvalue weighted by molar-refractivity contribution is 6.42. The van der Waals surface area contributed by atoms with Crippen molar-refractivity contribution in [3.63, 3.8) is 0 Å². The van der Waals surface area contributed by atoms with Gasteiger partial charge in [0.2, 0.25) is 0 Å². The first-order chi connectivity index (χ1) is 14.1. The number of hydrogen-bond acceptors (Lipinski definition) is 2. The average Bonchev–Trinajstić information content (AvgIpc) is 2.76. The third-order valence-corrected chi connectivity index (χ3v) is 7.72. The van der Waals surface area contributed by atoms with E-state index >= 15 is 0 Å². The van der Waals surface area contributed by atoms with Crippen LogP contribution in [0.15, 0.2) is 48.5 Å². The van der Waals surface area contributed by atoms with E-state index in [1.807, 2.05) is 6.07 Å². The van der Waals surface area contributed by atoms with Crippen LogP contribution in [-0.4, -0.2) is 37.6 Å². The average molecular weight is 431 g/mol. The molecule has 2 fully saturated rings. The summed E-state index contributed by atoms with van der Waals surface area (Å²) in [6.07, 6.45) is 7.48. The van der Waals surface area contributed by atoms with Crippen LogP contribution in [0, 0.1) is 5.92 Å². The number of benzene rings is 2. The Morgan fingerprint density at radius 1 is 1.00 bits per heavy atom. The topological polar surface area (TPSA) is 15.3 Å². The van der Waals surface area contributed by atoms with E-state index in [0.29, 0.717) is 10.0 Å². The molecule has 2 nitrogen and oxygen atoms in total. The van der Waals surface area contributed by atoms with Gasteiger partial charge in [0.15, 0.2) is 0 Å². The van der Waals surface area contributed by atoms with Crippen molar-refractivity contribution < 1.29 is 0 Å². The van der Waals surface area contributed by atoms with Gasteiger partial charge in [0, 0.05) is 12.0 Å². The first-order valence-electron chi connectivity index (χ1n) is 11.1. The highest BCUT2D eigenvalue weighted by Gasteiger charge is 2.35. The summed E-state index contributed by atoms with van der Waals surface area (Å²) in [5.41, 5.74) is 3.00. The van der Waals surface area contributed by atoms with Gasteiger partial charge in [0.05, 0.1) is 10.0 Å². The molecule has 0 saturated carbocycles. The van der Waals surface area contributed by atoms with Crippen molar-refractivity contribution >= 4 is 23.2 Å². The minimum absolute atomic E-state index is 0.174. The van der Waals surface area contributed by atoms with E-state index in [1.165, 1.54) is 69.3 Å². The highest BCUT2D eigenvalue weighted by Crippen LogP contribution is 2.38. The predicted molar refractivity (Wildman–Crippen MR) is 124 cm³/mol. The van der Waals surface area contributed by atoms with E-state index < -0.39 is 0 Å². The smallest absolute Gasteiger partial charge is 0.0595 e. The second-order valence-electron chi connectivity index (χ2n) is 8.91.